The molecule has 0 fully saturated rings. The number of nitrogens with one attached hydrogen (secondary N) is 1. The van der Waals surface area contributed by atoms with Crippen molar-refractivity contribution in [3.8, 4) is 0 Å². The van der Waals surface area contributed by atoms with E-state index in [1.54, 1.807) is 0 Å². The molecule has 0 saturated heterocycles. The molecule has 1 amide bonds. The number of fused-ring (bicyclic) bond motifs is 3. The number of carboxylic acids is 1. The van der Waals surface area contributed by atoms with E-state index in [9.17, 15) is 14.7 Å². The van der Waals surface area contributed by atoms with E-state index in [2.05, 4.69) is 4.98 Å². The molecule has 1 aliphatic rings. The molecule has 9 heteroatoms. The average Bonchev–Trinajstić information content (AvgIpc) is 2.98. The lowest BCUT2D eigenvalue weighted by Gasteiger charge is -2.41. The number of rotatable bonds is 3. The van der Waals surface area contributed by atoms with Crippen LogP contribution >= 0.6 is 34.8 Å². The van der Waals surface area contributed by atoms with Crippen molar-refractivity contribution in [1.29, 1.82) is 0 Å². The number of H-pyrrole nitrogens is 1. The van der Waals surface area contributed by atoms with E-state index in [1.807, 2.05) is 44.2 Å². The largest absolute Gasteiger partial charge is 0.480 e. The second-order valence-corrected chi connectivity index (χ2v) is 10.4. The van der Waals surface area contributed by atoms with Gasteiger partial charge in [0.15, 0.2) is 5.60 Å². The maximum absolute atomic E-state index is 13.2. The Labute approximate surface area is 189 Å². The van der Waals surface area contributed by atoms with Crippen molar-refractivity contribution in [1.82, 2.24) is 9.88 Å². The summed E-state index contributed by atoms with van der Waals surface area (Å²) in [6.45, 7) is 6.67. The van der Waals surface area contributed by atoms with Crippen LogP contribution in [0.3, 0.4) is 0 Å². The molecule has 2 heterocycles. The maximum atomic E-state index is 13.2. The molecule has 0 saturated carbocycles. The highest BCUT2D eigenvalue weighted by Crippen LogP contribution is 2.43. The molecule has 3 rings (SSSR count). The van der Waals surface area contributed by atoms with E-state index in [-0.39, 0.29) is 6.42 Å². The second kappa shape index (κ2) is 7.98. The zero-order valence-electron chi connectivity index (χ0n) is 17.0. The normalized spacial score (nSPS) is 19.4. The molecule has 6 nitrogen and oxygen atoms in total. The van der Waals surface area contributed by atoms with Crippen LogP contribution in [0.5, 0.6) is 0 Å². The van der Waals surface area contributed by atoms with E-state index in [4.69, 9.17) is 39.5 Å². The molecule has 30 heavy (non-hydrogen) atoms. The van der Waals surface area contributed by atoms with Gasteiger partial charge in [-0.05, 0) is 39.3 Å². The zero-order chi connectivity index (χ0) is 22.4. The molecule has 2 N–H and O–H groups in total. The van der Waals surface area contributed by atoms with E-state index >= 15 is 0 Å². The molecule has 0 spiro atoms. The third kappa shape index (κ3) is 4.13. The van der Waals surface area contributed by atoms with Crippen LogP contribution in [0.2, 0.25) is 0 Å². The monoisotopic (exact) mass is 472 g/mol. The molecule has 0 aliphatic carbocycles. The minimum Gasteiger partial charge on any atom is -0.480 e. The van der Waals surface area contributed by atoms with Crippen molar-refractivity contribution >= 4 is 57.8 Å². The lowest BCUT2D eigenvalue weighted by atomic mass is 9.91. The molecule has 1 aromatic carbocycles. The first kappa shape index (κ1) is 22.8. The molecule has 0 radical (unpaired) electrons. The smallest absolute Gasteiger partial charge is 0.412 e. The number of hydrogen-bond donors (Lipinski definition) is 2. The summed E-state index contributed by atoms with van der Waals surface area (Å²) in [7, 11) is 0. The molecule has 1 aliphatic heterocycles. The standard InChI is InChI=1S/C21H23Cl3N2O4/c1-11(2)9-15-17-13(12-7-5-6-8-14(12)25-17)10-16(18(27)28)26(15)19(29)30-20(3,4)21(22,23)24/h5-9,15-16,25H,10H2,1-4H3,(H,27,28). The van der Waals surface area contributed by atoms with Gasteiger partial charge < -0.3 is 14.8 Å². The Balaban J connectivity index is 2.15. The number of aromatic amines is 1. The van der Waals surface area contributed by atoms with Crippen molar-refractivity contribution < 1.29 is 19.4 Å². The number of benzene rings is 1. The Bertz CT molecular complexity index is 1020. The predicted molar refractivity (Wildman–Crippen MR) is 118 cm³/mol. The van der Waals surface area contributed by atoms with E-state index in [0.29, 0.717) is 0 Å². The minimum absolute atomic E-state index is 0.130. The van der Waals surface area contributed by atoms with Gasteiger partial charge >= 0.3 is 12.1 Å². The van der Waals surface area contributed by atoms with Crippen LogP contribution in [0, 0.1) is 0 Å². The van der Waals surface area contributed by atoms with Crippen molar-refractivity contribution in [2.75, 3.05) is 0 Å². The van der Waals surface area contributed by atoms with Crippen LogP contribution in [0.15, 0.2) is 35.9 Å². The van der Waals surface area contributed by atoms with E-state index < -0.39 is 33.5 Å². The molecule has 0 bridgehead atoms. The van der Waals surface area contributed by atoms with Gasteiger partial charge in [-0.2, -0.15) is 0 Å². The summed E-state index contributed by atoms with van der Waals surface area (Å²) in [5.74, 6) is -1.14. The third-order valence-electron chi connectivity index (χ3n) is 5.19. The fraction of sp³-hybridized carbons (Fsp3) is 0.429. The molecular weight excluding hydrogens is 451 g/mol. The van der Waals surface area contributed by atoms with Gasteiger partial charge in [-0.25, -0.2) is 9.59 Å². The lowest BCUT2D eigenvalue weighted by molar-refractivity contribution is -0.144. The van der Waals surface area contributed by atoms with Crippen LogP contribution in [0.4, 0.5) is 4.79 Å². The number of nitrogens with zero attached hydrogens (tertiary/aromatic N) is 1. The fourth-order valence-electron chi connectivity index (χ4n) is 3.57. The summed E-state index contributed by atoms with van der Waals surface area (Å²) >= 11 is 17.9. The van der Waals surface area contributed by atoms with Gasteiger partial charge in [-0.15, -0.1) is 0 Å². The van der Waals surface area contributed by atoms with Gasteiger partial charge in [0.05, 0.1) is 6.04 Å². The number of carbonyl (C=O) groups is 2. The summed E-state index contributed by atoms with van der Waals surface area (Å²) < 4.78 is 3.61. The first-order valence-electron chi connectivity index (χ1n) is 9.39. The van der Waals surface area contributed by atoms with Gasteiger partial charge in [-0.3, -0.25) is 4.90 Å². The quantitative estimate of drug-likeness (QED) is 0.438. The fourth-order valence-corrected chi connectivity index (χ4v) is 3.69. The second-order valence-electron chi connectivity index (χ2n) is 8.09. The van der Waals surface area contributed by atoms with Crippen molar-refractivity contribution in [3.63, 3.8) is 0 Å². The van der Waals surface area contributed by atoms with E-state index in [1.165, 1.54) is 18.7 Å². The van der Waals surface area contributed by atoms with Crippen LogP contribution in [-0.4, -0.2) is 42.5 Å². The number of aliphatic carboxylic acids is 1. The number of amides is 1. The third-order valence-corrected chi connectivity index (χ3v) is 6.55. The predicted octanol–water partition coefficient (Wildman–Crippen LogP) is 5.77. The molecule has 2 aromatic rings. The van der Waals surface area contributed by atoms with Crippen molar-refractivity contribution in [3.05, 3.63) is 47.2 Å². The Morgan fingerprint density at radius 2 is 1.87 bits per heavy atom. The summed E-state index contributed by atoms with van der Waals surface area (Å²) in [5.41, 5.74) is 1.92. The molecule has 2 atom stereocenters. The van der Waals surface area contributed by atoms with E-state index in [0.717, 1.165) is 27.7 Å². The number of ether oxygens (including phenoxy) is 1. The average molecular weight is 474 g/mol. The van der Waals surface area contributed by atoms with Crippen molar-refractivity contribution in [2.45, 2.75) is 55.6 Å². The van der Waals surface area contributed by atoms with Gasteiger partial charge in [-0.1, -0.05) is 64.7 Å². The molecule has 162 valence electrons. The van der Waals surface area contributed by atoms with Crippen LogP contribution in [0.1, 0.15) is 45.0 Å². The number of aromatic nitrogens is 1. The number of carboxylic acid groups (broad SMARTS) is 1. The maximum Gasteiger partial charge on any atom is 0.412 e. The Kier molecular flexibility index (Phi) is 6.07. The zero-order valence-corrected chi connectivity index (χ0v) is 19.3. The van der Waals surface area contributed by atoms with Crippen LogP contribution in [-0.2, 0) is 16.0 Å². The number of carbonyl (C=O) groups excluding carboxylic acids is 1. The lowest BCUT2D eigenvalue weighted by Crippen LogP contribution is -2.54. The van der Waals surface area contributed by atoms with Gasteiger partial charge in [0.2, 0.25) is 3.79 Å². The first-order chi connectivity index (χ1) is 13.8. The summed E-state index contributed by atoms with van der Waals surface area (Å²) in [6, 6.07) is 5.82. The van der Waals surface area contributed by atoms with Gasteiger partial charge in [0.1, 0.15) is 6.04 Å². The Hall–Kier alpha value is -1.89. The Morgan fingerprint density at radius 1 is 1.23 bits per heavy atom. The number of hydrogen-bond acceptors (Lipinski definition) is 3. The van der Waals surface area contributed by atoms with Gasteiger partial charge in [0, 0.05) is 23.0 Å². The highest BCUT2D eigenvalue weighted by molar-refractivity contribution is 6.68. The molecular formula is C21H23Cl3N2O4. The minimum atomic E-state index is -1.89. The molecule has 1 aromatic heterocycles. The highest BCUT2D eigenvalue weighted by atomic mass is 35.6. The number of para-hydroxylation sites is 1. The van der Waals surface area contributed by atoms with Crippen LogP contribution in [0.25, 0.3) is 10.9 Å². The van der Waals surface area contributed by atoms with Crippen molar-refractivity contribution in [2.24, 2.45) is 0 Å². The highest BCUT2D eigenvalue weighted by Gasteiger charge is 2.48. The number of alkyl halides is 3. The van der Waals surface area contributed by atoms with Crippen LogP contribution < -0.4 is 0 Å². The summed E-state index contributed by atoms with van der Waals surface area (Å²) in [4.78, 5) is 29.9. The topological polar surface area (TPSA) is 82.6 Å². The SMILES string of the molecule is CC(C)=CC1c2[nH]c3ccccc3c2CC(C(=O)O)N1C(=O)OC(C)(C)C(Cl)(Cl)Cl. The molecule has 2 unspecified atom stereocenters. The van der Waals surface area contributed by atoms with Gasteiger partial charge in [0.25, 0.3) is 0 Å². The first-order valence-corrected chi connectivity index (χ1v) is 10.5. The summed E-state index contributed by atoms with van der Waals surface area (Å²) in [5, 5.41) is 10.9. The summed E-state index contributed by atoms with van der Waals surface area (Å²) in [6.07, 6.45) is 1.09. The Morgan fingerprint density at radius 3 is 2.43 bits per heavy atom. The number of halogens is 3. The number of allylic oxidation sites excluding steroid dienone is 1.